The number of allylic oxidation sites excluding steroid dienone is 8. The summed E-state index contributed by atoms with van der Waals surface area (Å²) in [7, 11) is 0. The number of dihydropyridines is 1. The summed E-state index contributed by atoms with van der Waals surface area (Å²) < 4.78 is 4.14. The van der Waals surface area contributed by atoms with Crippen molar-refractivity contribution < 1.29 is 17.1 Å². The van der Waals surface area contributed by atoms with Crippen molar-refractivity contribution >= 4 is 23.9 Å². The predicted molar refractivity (Wildman–Crippen MR) is 130 cm³/mol. The monoisotopic (exact) mass is 495 g/mol. The van der Waals surface area contributed by atoms with Crippen molar-refractivity contribution in [3.8, 4) is 0 Å². The Balaban J connectivity index is 0.000000213. The van der Waals surface area contributed by atoms with Gasteiger partial charge in [0.05, 0.1) is 5.70 Å². The van der Waals surface area contributed by atoms with Crippen molar-refractivity contribution in [2.75, 3.05) is 12.5 Å². The Labute approximate surface area is 205 Å². The van der Waals surface area contributed by atoms with E-state index in [0.29, 0.717) is 0 Å². The third-order valence-electron chi connectivity index (χ3n) is 4.31. The van der Waals surface area contributed by atoms with Crippen molar-refractivity contribution in [2.45, 2.75) is 13.8 Å². The van der Waals surface area contributed by atoms with E-state index in [4.69, 9.17) is 0 Å². The van der Waals surface area contributed by atoms with Crippen molar-refractivity contribution in [1.29, 1.82) is 0 Å². The SMILES string of the molecule is CSN1C=C(C)N(/C=C2/C=CC=CN2)[CH-]1.CSN1C=C(C)N(/C=C2/C=CC=C[N-]2)[CH-]1.[Fe+3]. The molecule has 9 heteroatoms. The van der Waals surface area contributed by atoms with Crippen LogP contribution in [0.5, 0.6) is 0 Å². The Morgan fingerprint density at radius 3 is 1.97 bits per heavy atom. The summed E-state index contributed by atoms with van der Waals surface area (Å²) in [6.45, 7) is 8.26. The minimum Gasteiger partial charge on any atom is -0.663 e. The van der Waals surface area contributed by atoms with Crippen LogP contribution in [0.15, 0.2) is 96.4 Å². The van der Waals surface area contributed by atoms with E-state index >= 15 is 0 Å². The summed E-state index contributed by atoms with van der Waals surface area (Å²) in [5.74, 6) is 0. The molecule has 4 heterocycles. The molecule has 0 aliphatic carbocycles. The predicted octanol–water partition coefficient (Wildman–Crippen LogP) is 5.54. The second kappa shape index (κ2) is 12.7. The molecule has 0 saturated carbocycles. The molecule has 0 amide bonds. The molecule has 0 fully saturated rings. The summed E-state index contributed by atoms with van der Waals surface area (Å²) in [6.07, 6.45) is 28.0. The summed E-state index contributed by atoms with van der Waals surface area (Å²) in [6, 6.07) is 0. The molecule has 6 nitrogen and oxygen atoms in total. The molecule has 165 valence electrons. The van der Waals surface area contributed by atoms with Crippen molar-refractivity contribution in [3.05, 3.63) is 115 Å². The van der Waals surface area contributed by atoms with E-state index in [0.717, 1.165) is 11.4 Å². The molecule has 0 atom stereocenters. The molecule has 31 heavy (non-hydrogen) atoms. The van der Waals surface area contributed by atoms with Crippen LogP contribution in [-0.4, -0.2) is 30.9 Å². The molecule has 4 rings (SSSR count). The Bertz CT molecular complexity index is 786. The first-order chi connectivity index (χ1) is 14.6. The van der Waals surface area contributed by atoms with E-state index in [1.807, 2.05) is 61.8 Å². The topological polar surface area (TPSA) is 39.1 Å². The van der Waals surface area contributed by atoms with E-state index in [2.05, 4.69) is 74.4 Å². The van der Waals surface area contributed by atoms with E-state index in [1.165, 1.54) is 11.4 Å². The molecule has 0 unspecified atom stereocenters. The quantitative estimate of drug-likeness (QED) is 0.312. The third kappa shape index (κ3) is 7.54. The van der Waals surface area contributed by atoms with E-state index in [1.54, 1.807) is 30.1 Å². The molecule has 4 aliphatic rings. The molecular formula is C22H27FeN6S2. The minimum atomic E-state index is 0. The molecule has 1 radical (unpaired) electrons. The van der Waals surface area contributed by atoms with Gasteiger partial charge in [-0.3, -0.25) is 0 Å². The maximum Gasteiger partial charge on any atom is 3.00 e. The van der Waals surface area contributed by atoms with E-state index in [9.17, 15) is 0 Å². The van der Waals surface area contributed by atoms with Crippen LogP contribution in [0.4, 0.5) is 0 Å². The van der Waals surface area contributed by atoms with E-state index in [-0.39, 0.29) is 17.1 Å². The van der Waals surface area contributed by atoms with Gasteiger partial charge in [0.2, 0.25) is 0 Å². The Morgan fingerprint density at radius 2 is 1.48 bits per heavy atom. The molecule has 0 aromatic heterocycles. The molecule has 0 aromatic rings. The Kier molecular flexibility index (Phi) is 10.3. The van der Waals surface area contributed by atoms with Crippen LogP contribution in [-0.2, 0) is 17.1 Å². The Hall–Kier alpha value is -2.06. The van der Waals surface area contributed by atoms with E-state index < -0.39 is 0 Å². The zero-order valence-corrected chi connectivity index (χ0v) is 20.7. The third-order valence-corrected chi connectivity index (χ3v) is 5.55. The largest absolute Gasteiger partial charge is 3.00 e. The van der Waals surface area contributed by atoms with Gasteiger partial charge in [0.15, 0.2) is 0 Å². The van der Waals surface area contributed by atoms with Gasteiger partial charge in [-0.25, -0.2) is 0 Å². The van der Waals surface area contributed by atoms with Crippen LogP contribution < -0.4 is 5.32 Å². The van der Waals surface area contributed by atoms with Crippen LogP contribution in [0.1, 0.15) is 13.8 Å². The van der Waals surface area contributed by atoms with Gasteiger partial charge in [-0.15, -0.1) is 19.0 Å². The van der Waals surface area contributed by atoms with Crippen LogP contribution in [0.25, 0.3) is 5.32 Å². The first-order valence-electron chi connectivity index (χ1n) is 9.45. The summed E-state index contributed by atoms with van der Waals surface area (Å²) in [4.78, 5) is 4.17. The van der Waals surface area contributed by atoms with Crippen LogP contribution in [0.3, 0.4) is 0 Å². The van der Waals surface area contributed by atoms with Gasteiger partial charge in [0.25, 0.3) is 0 Å². The normalized spacial score (nSPS) is 21.5. The zero-order chi connectivity index (χ0) is 21.3. The maximum atomic E-state index is 4.26. The fourth-order valence-electron chi connectivity index (χ4n) is 2.70. The zero-order valence-electron chi connectivity index (χ0n) is 18.0. The average Bonchev–Trinajstić information content (AvgIpc) is 3.31. The standard InChI is InChI=1S/C11H14N3S.C11H13N3S.Fe/c2*1-10-7-14(15-2)9-13(10)8-11-5-3-4-6-12-11;/h3-9,12H,1-2H3;3-9H,1-2H3;/q-1;-2;+3/b2*11-8-;. The number of nitrogens with one attached hydrogen (secondary N) is 1. The summed E-state index contributed by atoms with van der Waals surface area (Å²) in [5, 5.41) is 7.44. The fraction of sp³-hybridized carbons (Fsp3) is 0.182. The molecule has 4 aliphatic heterocycles. The first kappa shape index (κ1) is 25.2. The van der Waals surface area contributed by atoms with Gasteiger partial charge in [0.1, 0.15) is 0 Å². The van der Waals surface area contributed by atoms with Gasteiger partial charge in [-0.1, -0.05) is 48.2 Å². The van der Waals surface area contributed by atoms with Crippen molar-refractivity contribution in [3.63, 3.8) is 0 Å². The molecule has 0 spiro atoms. The second-order valence-electron chi connectivity index (χ2n) is 6.50. The molecule has 0 aromatic carbocycles. The van der Waals surface area contributed by atoms with Gasteiger partial charge < -0.3 is 29.0 Å². The summed E-state index contributed by atoms with van der Waals surface area (Å²) in [5.41, 5.74) is 4.45. The van der Waals surface area contributed by atoms with Crippen LogP contribution in [0, 0.1) is 13.3 Å². The number of nitrogens with zero attached hydrogens (tertiary/aromatic N) is 5. The van der Waals surface area contributed by atoms with Crippen molar-refractivity contribution in [1.82, 2.24) is 23.7 Å². The van der Waals surface area contributed by atoms with Gasteiger partial charge >= 0.3 is 17.1 Å². The fourth-order valence-corrected chi connectivity index (χ4v) is 3.61. The van der Waals surface area contributed by atoms with Crippen LogP contribution in [0.2, 0.25) is 0 Å². The molecular weight excluding hydrogens is 468 g/mol. The molecule has 0 saturated heterocycles. The smallest absolute Gasteiger partial charge is 0.663 e. The minimum absolute atomic E-state index is 0. The number of hydrogen-bond donors (Lipinski definition) is 1. The van der Waals surface area contributed by atoms with Crippen molar-refractivity contribution in [2.24, 2.45) is 0 Å². The molecule has 1 N–H and O–H groups in total. The summed E-state index contributed by atoms with van der Waals surface area (Å²) >= 11 is 3.35. The van der Waals surface area contributed by atoms with Gasteiger partial charge in [-0.2, -0.15) is 6.20 Å². The maximum absolute atomic E-state index is 4.26. The van der Waals surface area contributed by atoms with Crippen LogP contribution >= 0.6 is 23.9 Å². The average molecular weight is 495 g/mol. The molecule has 0 bridgehead atoms. The van der Waals surface area contributed by atoms with Gasteiger partial charge in [0, 0.05) is 17.6 Å². The van der Waals surface area contributed by atoms with Gasteiger partial charge in [-0.05, 0) is 63.3 Å². The number of hydrogen-bond acceptors (Lipinski definition) is 7. The second-order valence-corrected chi connectivity index (χ2v) is 8.08. The number of rotatable bonds is 4. The first-order valence-corrected chi connectivity index (χ1v) is 11.8. The Morgan fingerprint density at radius 1 is 0.871 bits per heavy atom.